The first-order chi connectivity index (χ1) is 12.8. The minimum absolute atomic E-state index is 0.192. The molecule has 0 heterocycles. The van der Waals surface area contributed by atoms with Gasteiger partial charge in [0.15, 0.2) is 6.10 Å². The molecule has 7 nitrogen and oxygen atoms in total. The van der Waals surface area contributed by atoms with Crippen molar-refractivity contribution in [2.75, 3.05) is 0 Å². The first-order valence-electron chi connectivity index (χ1n) is 8.37. The number of aliphatic hydroxyl groups is 1. The average Bonchev–Trinajstić information content (AvgIpc) is 2.62. The van der Waals surface area contributed by atoms with Gasteiger partial charge in [0.05, 0.1) is 0 Å². The molecule has 0 saturated heterocycles. The van der Waals surface area contributed by atoms with E-state index in [2.05, 4.69) is 5.32 Å². The summed E-state index contributed by atoms with van der Waals surface area (Å²) in [5, 5.41) is 29.4. The average molecular weight is 371 g/mol. The molecular weight excluding hydrogens is 350 g/mol. The lowest BCUT2D eigenvalue weighted by Crippen LogP contribution is -2.43. The van der Waals surface area contributed by atoms with Crippen molar-refractivity contribution in [3.8, 4) is 11.1 Å². The number of rotatable bonds is 7. The normalized spacial score (nSPS) is 12.8. The van der Waals surface area contributed by atoms with E-state index in [1.807, 2.05) is 55.5 Å². The van der Waals surface area contributed by atoms with E-state index in [0.29, 0.717) is 0 Å². The number of aliphatic carboxylic acids is 2. The first-order valence-corrected chi connectivity index (χ1v) is 8.37. The Hall–Kier alpha value is -3.19. The molecule has 2 atom stereocenters. The van der Waals surface area contributed by atoms with Crippen LogP contribution in [0.2, 0.25) is 0 Å². The fourth-order valence-corrected chi connectivity index (χ4v) is 2.75. The maximum absolute atomic E-state index is 11.4. The van der Waals surface area contributed by atoms with Gasteiger partial charge in [-0.05, 0) is 30.0 Å². The lowest BCUT2D eigenvalue weighted by atomic mass is 9.97. The number of hydrogen-bond donors (Lipinski definition) is 4. The van der Waals surface area contributed by atoms with Crippen LogP contribution in [0.1, 0.15) is 17.5 Å². The van der Waals surface area contributed by atoms with Gasteiger partial charge in [0, 0.05) is 12.5 Å². The Morgan fingerprint density at radius 3 is 2.22 bits per heavy atom. The molecule has 0 radical (unpaired) electrons. The number of carboxylic acid groups (broad SMARTS) is 2. The topological polar surface area (TPSA) is 124 Å². The molecule has 2 rings (SSSR count). The molecule has 2 aromatic carbocycles. The van der Waals surface area contributed by atoms with Crippen molar-refractivity contribution < 1.29 is 29.7 Å². The summed E-state index contributed by atoms with van der Waals surface area (Å²) in [6.45, 7) is 2.00. The molecule has 0 aliphatic carbocycles. The Morgan fingerprint density at radius 1 is 1.00 bits per heavy atom. The molecule has 7 heteroatoms. The molecule has 0 saturated carbocycles. The SMILES string of the molecule is Cc1cccc(-c2ccc(C[C@H](C[C@@H](O)C(=O)O)NC(=O)C(=O)O)cc2)c1. The summed E-state index contributed by atoms with van der Waals surface area (Å²) in [5.74, 6) is -4.34. The van der Waals surface area contributed by atoms with Crippen molar-refractivity contribution in [3.63, 3.8) is 0 Å². The number of aliphatic hydroxyl groups excluding tert-OH is 1. The minimum Gasteiger partial charge on any atom is -0.479 e. The van der Waals surface area contributed by atoms with Crippen LogP contribution in [0.25, 0.3) is 11.1 Å². The standard InChI is InChI=1S/C20H21NO6/c1-12-3-2-4-15(9-12)14-7-5-13(6-8-14)10-16(11-17(22)19(24)25)21-18(23)20(26)27/h2-9,16-17,22H,10-11H2,1H3,(H,21,23)(H,24,25)(H,26,27)/t16-,17-/m1/s1. The van der Waals surface area contributed by atoms with Crippen LogP contribution in [0.15, 0.2) is 48.5 Å². The largest absolute Gasteiger partial charge is 0.479 e. The summed E-state index contributed by atoms with van der Waals surface area (Å²) >= 11 is 0. The van der Waals surface area contributed by atoms with Gasteiger partial charge in [0.2, 0.25) is 0 Å². The predicted molar refractivity (Wildman–Crippen MR) is 98.1 cm³/mol. The van der Waals surface area contributed by atoms with E-state index in [1.165, 1.54) is 0 Å². The lowest BCUT2D eigenvalue weighted by molar-refractivity contribution is -0.151. The van der Waals surface area contributed by atoms with Crippen LogP contribution in [-0.4, -0.2) is 45.3 Å². The highest BCUT2D eigenvalue weighted by atomic mass is 16.4. The quantitative estimate of drug-likeness (QED) is 0.548. The molecule has 2 aromatic rings. The highest BCUT2D eigenvalue weighted by Crippen LogP contribution is 2.21. The van der Waals surface area contributed by atoms with E-state index >= 15 is 0 Å². The van der Waals surface area contributed by atoms with Gasteiger partial charge in [-0.25, -0.2) is 9.59 Å². The zero-order chi connectivity index (χ0) is 20.0. The number of nitrogens with one attached hydrogen (secondary N) is 1. The van der Waals surface area contributed by atoms with Gasteiger partial charge in [0.25, 0.3) is 0 Å². The number of benzene rings is 2. The molecule has 4 N–H and O–H groups in total. The van der Waals surface area contributed by atoms with Gasteiger partial charge in [-0.1, -0.05) is 54.1 Å². The highest BCUT2D eigenvalue weighted by molar-refractivity contribution is 6.31. The Morgan fingerprint density at radius 2 is 1.67 bits per heavy atom. The Balaban J connectivity index is 2.14. The molecule has 0 aromatic heterocycles. The van der Waals surface area contributed by atoms with Crippen LogP contribution >= 0.6 is 0 Å². The summed E-state index contributed by atoms with van der Waals surface area (Å²) in [6.07, 6.45) is -1.80. The molecular formula is C20H21NO6. The summed E-state index contributed by atoms with van der Waals surface area (Å²) in [6, 6.07) is 14.6. The van der Waals surface area contributed by atoms with Crippen LogP contribution in [-0.2, 0) is 20.8 Å². The minimum atomic E-state index is -1.70. The zero-order valence-electron chi connectivity index (χ0n) is 14.8. The summed E-state index contributed by atoms with van der Waals surface area (Å²) in [5.41, 5.74) is 3.97. The maximum Gasteiger partial charge on any atom is 0.394 e. The summed E-state index contributed by atoms with van der Waals surface area (Å²) < 4.78 is 0. The summed E-state index contributed by atoms with van der Waals surface area (Å²) in [4.78, 5) is 33.0. The maximum atomic E-state index is 11.4. The smallest absolute Gasteiger partial charge is 0.394 e. The Labute approximate surface area is 156 Å². The van der Waals surface area contributed by atoms with Crippen molar-refractivity contribution in [3.05, 3.63) is 59.7 Å². The van der Waals surface area contributed by atoms with Gasteiger partial charge < -0.3 is 20.6 Å². The molecule has 142 valence electrons. The van der Waals surface area contributed by atoms with E-state index in [4.69, 9.17) is 10.2 Å². The fraction of sp³-hybridized carbons (Fsp3) is 0.250. The van der Waals surface area contributed by atoms with Crippen LogP contribution in [0.5, 0.6) is 0 Å². The second kappa shape index (κ2) is 8.95. The Kier molecular flexibility index (Phi) is 6.67. The molecule has 0 spiro atoms. The monoisotopic (exact) mass is 371 g/mol. The van der Waals surface area contributed by atoms with Crippen LogP contribution in [0.4, 0.5) is 0 Å². The molecule has 0 aliphatic rings. The molecule has 0 unspecified atom stereocenters. The van der Waals surface area contributed by atoms with E-state index in [9.17, 15) is 19.5 Å². The molecule has 1 amide bonds. The van der Waals surface area contributed by atoms with Crippen LogP contribution in [0.3, 0.4) is 0 Å². The van der Waals surface area contributed by atoms with Crippen molar-refractivity contribution in [1.29, 1.82) is 0 Å². The molecule has 27 heavy (non-hydrogen) atoms. The van der Waals surface area contributed by atoms with E-state index in [0.717, 1.165) is 22.3 Å². The van der Waals surface area contributed by atoms with Crippen molar-refractivity contribution >= 4 is 17.8 Å². The van der Waals surface area contributed by atoms with Gasteiger partial charge in [-0.3, -0.25) is 4.79 Å². The fourth-order valence-electron chi connectivity index (χ4n) is 2.75. The van der Waals surface area contributed by atoms with Gasteiger partial charge in [-0.15, -0.1) is 0 Å². The summed E-state index contributed by atoms with van der Waals surface area (Å²) in [7, 11) is 0. The second-order valence-electron chi connectivity index (χ2n) is 6.34. The van der Waals surface area contributed by atoms with Crippen LogP contribution < -0.4 is 5.32 Å². The second-order valence-corrected chi connectivity index (χ2v) is 6.34. The third-order valence-electron chi connectivity index (χ3n) is 4.11. The number of aryl methyl sites for hydroxylation is 1. The third-order valence-corrected chi connectivity index (χ3v) is 4.11. The molecule has 0 bridgehead atoms. The predicted octanol–water partition coefficient (Wildman–Crippen LogP) is 1.61. The van der Waals surface area contributed by atoms with Crippen LogP contribution in [0, 0.1) is 6.92 Å². The number of amides is 1. The Bertz CT molecular complexity index is 831. The lowest BCUT2D eigenvalue weighted by Gasteiger charge is -2.19. The van der Waals surface area contributed by atoms with E-state index < -0.39 is 30.0 Å². The molecule has 0 aliphatic heterocycles. The highest BCUT2D eigenvalue weighted by Gasteiger charge is 2.24. The molecule has 0 fully saturated rings. The van der Waals surface area contributed by atoms with Crippen molar-refractivity contribution in [2.24, 2.45) is 0 Å². The first kappa shape index (κ1) is 20.1. The van der Waals surface area contributed by atoms with Crippen molar-refractivity contribution in [1.82, 2.24) is 5.32 Å². The number of carbonyl (C=O) groups excluding carboxylic acids is 1. The van der Waals surface area contributed by atoms with Crippen molar-refractivity contribution in [2.45, 2.75) is 31.9 Å². The van der Waals surface area contributed by atoms with E-state index in [-0.39, 0.29) is 12.8 Å². The van der Waals surface area contributed by atoms with E-state index in [1.54, 1.807) is 0 Å². The number of carboxylic acids is 2. The van der Waals surface area contributed by atoms with Gasteiger partial charge in [-0.2, -0.15) is 0 Å². The third kappa shape index (κ3) is 5.93. The zero-order valence-corrected chi connectivity index (χ0v) is 14.8. The van der Waals surface area contributed by atoms with Gasteiger partial charge in [0.1, 0.15) is 0 Å². The number of carbonyl (C=O) groups is 3. The number of hydrogen-bond acceptors (Lipinski definition) is 4. The van der Waals surface area contributed by atoms with Gasteiger partial charge >= 0.3 is 17.8 Å².